The van der Waals surface area contributed by atoms with Gasteiger partial charge in [-0.05, 0) is 14.0 Å². The molecular weight excluding hydrogens is 322 g/mol. The average Bonchev–Trinajstić information content (AvgIpc) is 2.96. The number of hydrogen-bond donors (Lipinski definition) is 1. The molecule has 0 radical (unpaired) electrons. The number of likely N-dealkylation sites (N-methyl/N-ethyl adjacent to an activating group) is 1. The van der Waals surface area contributed by atoms with Gasteiger partial charge in [-0.1, -0.05) is 20.8 Å². The van der Waals surface area contributed by atoms with Crippen molar-refractivity contribution in [2.75, 3.05) is 18.9 Å². The first-order valence-electron chi connectivity index (χ1n) is 7.96. The van der Waals surface area contributed by atoms with Gasteiger partial charge in [-0.3, -0.25) is 19.7 Å². The number of hydrogen-bond acceptors (Lipinski definition) is 6. The fourth-order valence-electron chi connectivity index (χ4n) is 2.11. The van der Waals surface area contributed by atoms with Crippen LogP contribution in [0.25, 0.3) is 0 Å². The van der Waals surface area contributed by atoms with Crippen LogP contribution in [0.4, 0.5) is 5.13 Å². The Bertz CT molecular complexity index is 665. The van der Waals surface area contributed by atoms with Gasteiger partial charge in [-0.25, -0.2) is 4.98 Å². The predicted octanol–water partition coefficient (Wildman–Crippen LogP) is 2.73. The van der Waals surface area contributed by atoms with Gasteiger partial charge >= 0.3 is 0 Å². The highest BCUT2D eigenvalue weighted by atomic mass is 32.1. The molecule has 1 atom stereocenters. The molecule has 130 valence electrons. The van der Waals surface area contributed by atoms with Crippen LogP contribution in [0.3, 0.4) is 0 Å². The summed E-state index contributed by atoms with van der Waals surface area (Å²) in [5.41, 5.74) is 1.90. The number of anilines is 1. The minimum absolute atomic E-state index is 0.0124. The van der Waals surface area contributed by atoms with Crippen LogP contribution in [0.1, 0.15) is 39.1 Å². The van der Waals surface area contributed by atoms with E-state index < -0.39 is 0 Å². The van der Waals surface area contributed by atoms with Crippen molar-refractivity contribution in [1.82, 2.24) is 19.9 Å². The first kappa shape index (κ1) is 18.5. The lowest BCUT2D eigenvalue weighted by Crippen LogP contribution is -2.37. The number of amides is 1. The lowest BCUT2D eigenvalue weighted by molar-refractivity contribution is -0.117. The summed E-state index contributed by atoms with van der Waals surface area (Å²) in [4.78, 5) is 27.1. The van der Waals surface area contributed by atoms with Gasteiger partial charge in [0, 0.05) is 41.8 Å². The molecule has 2 aromatic heterocycles. The van der Waals surface area contributed by atoms with Gasteiger partial charge < -0.3 is 5.32 Å². The van der Waals surface area contributed by atoms with Crippen molar-refractivity contribution in [3.05, 3.63) is 35.4 Å². The highest BCUT2D eigenvalue weighted by Crippen LogP contribution is 2.26. The Kier molecular flexibility index (Phi) is 6.01. The summed E-state index contributed by atoms with van der Waals surface area (Å²) in [5, 5.41) is 5.53. The standard InChI is InChI=1S/C17H25N5OS/c1-12(8-13-9-18-6-7-19-13)22(5)10-15(23)21-16-20-14(11-24-16)17(2,3)4/h6-7,9,11-12H,8,10H2,1-5H3,(H,20,21,23)/t12-/m1/s1. The summed E-state index contributed by atoms with van der Waals surface area (Å²) >= 11 is 1.46. The normalized spacial score (nSPS) is 13.1. The third kappa shape index (κ3) is 5.35. The Morgan fingerprint density at radius 2 is 2.12 bits per heavy atom. The number of thiazole rings is 1. The molecule has 0 fully saturated rings. The van der Waals surface area contributed by atoms with E-state index in [0.717, 1.165) is 17.8 Å². The van der Waals surface area contributed by atoms with Crippen LogP contribution < -0.4 is 5.32 Å². The highest BCUT2D eigenvalue weighted by Gasteiger charge is 2.19. The van der Waals surface area contributed by atoms with E-state index in [0.29, 0.717) is 11.7 Å². The van der Waals surface area contributed by atoms with Crippen LogP contribution in [0.2, 0.25) is 0 Å². The van der Waals surface area contributed by atoms with Crippen molar-refractivity contribution >= 4 is 22.4 Å². The van der Waals surface area contributed by atoms with Crippen molar-refractivity contribution in [2.45, 2.75) is 45.6 Å². The predicted molar refractivity (Wildman–Crippen MR) is 97.3 cm³/mol. The molecule has 2 heterocycles. The van der Waals surface area contributed by atoms with Gasteiger partial charge in [-0.15, -0.1) is 11.3 Å². The maximum Gasteiger partial charge on any atom is 0.240 e. The Hall–Kier alpha value is -1.86. The molecule has 0 unspecified atom stereocenters. The molecule has 6 nitrogen and oxygen atoms in total. The SMILES string of the molecule is C[C@H](Cc1cnccn1)N(C)CC(=O)Nc1nc(C(C)(C)C)cs1. The van der Waals surface area contributed by atoms with Crippen LogP contribution >= 0.6 is 11.3 Å². The Balaban J connectivity index is 1.86. The second-order valence-corrected chi connectivity index (χ2v) is 7.86. The van der Waals surface area contributed by atoms with Gasteiger partial charge in [0.15, 0.2) is 5.13 Å². The van der Waals surface area contributed by atoms with E-state index in [9.17, 15) is 4.79 Å². The third-order valence-electron chi connectivity index (χ3n) is 3.79. The molecule has 1 amide bonds. The molecule has 0 aromatic carbocycles. The van der Waals surface area contributed by atoms with Crippen molar-refractivity contribution in [2.24, 2.45) is 0 Å². The first-order chi connectivity index (χ1) is 11.3. The van der Waals surface area contributed by atoms with Gasteiger partial charge in [0.2, 0.25) is 5.91 Å². The molecule has 0 bridgehead atoms. The summed E-state index contributed by atoms with van der Waals surface area (Å²) in [6.07, 6.45) is 5.85. The smallest absolute Gasteiger partial charge is 0.240 e. The summed E-state index contributed by atoms with van der Waals surface area (Å²) in [5.74, 6) is -0.0571. The number of carbonyl (C=O) groups is 1. The summed E-state index contributed by atoms with van der Waals surface area (Å²) < 4.78 is 0. The molecule has 0 spiro atoms. The van der Waals surface area contributed by atoms with Gasteiger partial charge in [0.05, 0.1) is 17.9 Å². The second kappa shape index (κ2) is 7.81. The number of nitrogens with zero attached hydrogens (tertiary/aromatic N) is 4. The van der Waals surface area contributed by atoms with Gasteiger partial charge in [0.25, 0.3) is 0 Å². The fourth-order valence-corrected chi connectivity index (χ4v) is 3.06. The van der Waals surface area contributed by atoms with Crippen LogP contribution in [0, 0.1) is 0 Å². The van der Waals surface area contributed by atoms with E-state index in [-0.39, 0.29) is 17.4 Å². The van der Waals surface area contributed by atoms with E-state index in [1.54, 1.807) is 18.6 Å². The van der Waals surface area contributed by atoms with Crippen LogP contribution in [-0.4, -0.2) is 45.4 Å². The molecule has 2 aromatic rings. The third-order valence-corrected chi connectivity index (χ3v) is 4.54. The lowest BCUT2D eigenvalue weighted by atomic mass is 9.93. The molecule has 0 saturated heterocycles. The monoisotopic (exact) mass is 347 g/mol. The number of rotatable bonds is 6. The Morgan fingerprint density at radius 3 is 2.71 bits per heavy atom. The fraction of sp³-hybridized carbons (Fsp3) is 0.529. The van der Waals surface area contributed by atoms with Crippen molar-refractivity contribution in [3.63, 3.8) is 0 Å². The molecule has 0 saturated carbocycles. The second-order valence-electron chi connectivity index (χ2n) is 7.00. The molecule has 24 heavy (non-hydrogen) atoms. The minimum atomic E-state index is -0.0571. The van der Waals surface area contributed by atoms with Crippen molar-refractivity contribution in [3.8, 4) is 0 Å². The van der Waals surface area contributed by atoms with Crippen LogP contribution in [0.15, 0.2) is 24.0 Å². The molecule has 0 aliphatic heterocycles. The molecule has 2 rings (SSSR count). The van der Waals surface area contributed by atoms with Gasteiger partial charge in [0.1, 0.15) is 0 Å². The molecule has 7 heteroatoms. The molecular formula is C17H25N5OS. The average molecular weight is 347 g/mol. The van der Waals surface area contributed by atoms with Crippen molar-refractivity contribution < 1.29 is 4.79 Å². The molecule has 0 aliphatic rings. The largest absolute Gasteiger partial charge is 0.301 e. The van der Waals surface area contributed by atoms with E-state index in [2.05, 4.69) is 48.0 Å². The van der Waals surface area contributed by atoms with E-state index >= 15 is 0 Å². The number of nitrogens with one attached hydrogen (secondary N) is 1. The van der Waals surface area contributed by atoms with E-state index in [4.69, 9.17) is 0 Å². The van der Waals surface area contributed by atoms with Gasteiger partial charge in [-0.2, -0.15) is 0 Å². The van der Waals surface area contributed by atoms with Crippen molar-refractivity contribution in [1.29, 1.82) is 0 Å². The highest BCUT2D eigenvalue weighted by molar-refractivity contribution is 7.13. The quantitative estimate of drug-likeness (QED) is 0.870. The van der Waals surface area contributed by atoms with Crippen LogP contribution in [0.5, 0.6) is 0 Å². The van der Waals surface area contributed by atoms with Crippen LogP contribution in [-0.2, 0) is 16.6 Å². The maximum atomic E-state index is 12.2. The first-order valence-corrected chi connectivity index (χ1v) is 8.84. The topological polar surface area (TPSA) is 71.0 Å². The summed E-state index contributed by atoms with van der Waals surface area (Å²) in [6, 6.07) is 0.189. The summed E-state index contributed by atoms with van der Waals surface area (Å²) in [6.45, 7) is 8.70. The lowest BCUT2D eigenvalue weighted by Gasteiger charge is -2.23. The maximum absolute atomic E-state index is 12.2. The minimum Gasteiger partial charge on any atom is -0.301 e. The van der Waals surface area contributed by atoms with E-state index in [1.165, 1.54) is 11.3 Å². The van der Waals surface area contributed by atoms with E-state index in [1.807, 2.05) is 17.3 Å². The Morgan fingerprint density at radius 1 is 1.38 bits per heavy atom. The zero-order valence-electron chi connectivity index (χ0n) is 14.9. The number of aromatic nitrogens is 3. The molecule has 1 N–H and O–H groups in total. The summed E-state index contributed by atoms with van der Waals surface area (Å²) in [7, 11) is 1.93. The number of carbonyl (C=O) groups excluding carboxylic acids is 1. The zero-order valence-corrected chi connectivity index (χ0v) is 15.7. The Labute approximate surface area is 147 Å². The zero-order chi connectivity index (χ0) is 17.7. The molecule has 0 aliphatic carbocycles.